The zero-order valence-electron chi connectivity index (χ0n) is 13.2. The van der Waals surface area contributed by atoms with Gasteiger partial charge in [0.05, 0.1) is 0 Å². The van der Waals surface area contributed by atoms with Gasteiger partial charge in [0.15, 0.2) is 0 Å². The van der Waals surface area contributed by atoms with Crippen molar-refractivity contribution in [2.24, 2.45) is 5.92 Å². The van der Waals surface area contributed by atoms with Crippen LogP contribution in [0.1, 0.15) is 58.3 Å². The first-order valence-corrected chi connectivity index (χ1v) is 8.31. The minimum absolute atomic E-state index is 0.0983. The Kier molecular flexibility index (Phi) is 5.80. The van der Waals surface area contributed by atoms with Crippen LogP contribution in [0.4, 0.5) is 0 Å². The third-order valence-corrected chi connectivity index (χ3v) is 4.77. The third kappa shape index (κ3) is 4.21. The van der Waals surface area contributed by atoms with Gasteiger partial charge < -0.3 is 15.3 Å². The molecule has 1 aliphatic carbocycles. The second-order valence-electron chi connectivity index (χ2n) is 6.53. The molecule has 0 spiro atoms. The molecule has 1 aliphatic heterocycles. The normalized spacial score (nSPS) is 24.0. The minimum atomic E-state index is -0.966. The van der Waals surface area contributed by atoms with Crippen LogP contribution in [-0.4, -0.2) is 46.4 Å². The summed E-state index contributed by atoms with van der Waals surface area (Å²) >= 11 is 0. The number of rotatable bonds is 5. The SMILES string of the molecule is CC(NC(=O)CC1CCCCC1)C(=O)N1CCC[C@H]1C(=O)O. The molecular formula is C16H26N2O4. The topological polar surface area (TPSA) is 86.7 Å². The number of carbonyl (C=O) groups is 3. The van der Waals surface area contributed by atoms with E-state index in [1.165, 1.54) is 24.2 Å². The highest BCUT2D eigenvalue weighted by Crippen LogP contribution is 2.26. The average molecular weight is 310 g/mol. The first-order chi connectivity index (χ1) is 10.5. The maximum Gasteiger partial charge on any atom is 0.326 e. The van der Waals surface area contributed by atoms with Crippen LogP contribution in [0.15, 0.2) is 0 Å². The van der Waals surface area contributed by atoms with Crippen LogP contribution >= 0.6 is 0 Å². The van der Waals surface area contributed by atoms with Crippen molar-refractivity contribution in [2.75, 3.05) is 6.54 Å². The van der Waals surface area contributed by atoms with Gasteiger partial charge in [0.2, 0.25) is 11.8 Å². The third-order valence-electron chi connectivity index (χ3n) is 4.77. The molecule has 2 atom stereocenters. The van der Waals surface area contributed by atoms with Crippen molar-refractivity contribution < 1.29 is 19.5 Å². The zero-order chi connectivity index (χ0) is 16.1. The Labute approximate surface area is 131 Å². The number of hydrogen-bond acceptors (Lipinski definition) is 3. The Bertz CT molecular complexity index is 432. The maximum absolute atomic E-state index is 12.3. The smallest absolute Gasteiger partial charge is 0.326 e. The number of carboxylic acid groups (broad SMARTS) is 1. The van der Waals surface area contributed by atoms with E-state index in [2.05, 4.69) is 5.32 Å². The number of amides is 2. The Morgan fingerprint density at radius 2 is 1.82 bits per heavy atom. The first kappa shape index (κ1) is 16.8. The highest BCUT2D eigenvalue weighted by atomic mass is 16.4. The lowest BCUT2D eigenvalue weighted by molar-refractivity contribution is -0.149. The number of nitrogens with one attached hydrogen (secondary N) is 1. The summed E-state index contributed by atoms with van der Waals surface area (Å²) in [5, 5.41) is 11.9. The average Bonchev–Trinajstić information content (AvgIpc) is 2.96. The van der Waals surface area contributed by atoms with E-state index in [4.69, 9.17) is 5.11 Å². The monoisotopic (exact) mass is 310 g/mol. The largest absolute Gasteiger partial charge is 0.480 e. The molecule has 2 fully saturated rings. The Hall–Kier alpha value is -1.59. The van der Waals surface area contributed by atoms with E-state index >= 15 is 0 Å². The van der Waals surface area contributed by atoms with E-state index in [1.54, 1.807) is 6.92 Å². The quantitative estimate of drug-likeness (QED) is 0.806. The summed E-state index contributed by atoms with van der Waals surface area (Å²) in [5.41, 5.74) is 0. The fourth-order valence-electron chi connectivity index (χ4n) is 3.55. The minimum Gasteiger partial charge on any atom is -0.480 e. The molecule has 1 saturated carbocycles. The van der Waals surface area contributed by atoms with Crippen molar-refractivity contribution in [3.05, 3.63) is 0 Å². The molecule has 0 aromatic rings. The summed E-state index contributed by atoms with van der Waals surface area (Å²) in [6.45, 7) is 2.09. The fourth-order valence-corrected chi connectivity index (χ4v) is 3.55. The van der Waals surface area contributed by atoms with Crippen LogP contribution in [0.25, 0.3) is 0 Å². The standard InChI is InChI=1S/C16H26N2O4/c1-11(15(20)18-9-5-8-13(18)16(21)22)17-14(19)10-12-6-3-2-4-7-12/h11-13H,2-10H2,1H3,(H,17,19)(H,21,22)/t11?,13-/m0/s1. The first-order valence-electron chi connectivity index (χ1n) is 8.31. The van der Waals surface area contributed by atoms with E-state index in [1.807, 2.05) is 0 Å². The van der Waals surface area contributed by atoms with Gasteiger partial charge in [-0.15, -0.1) is 0 Å². The number of carbonyl (C=O) groups excluding carboxylic acids is 2. The van der Waals surface area contributed by atoms with E-state index < -0.39 is 18.1 Å². The molecule has 6 nitrogen and oxygen atoms in total. The number of nitrogens with zero attached hydrogens (tertiary/aromatic N) is 1. The Balaban J connectivity index is 1.82. The molecule has 2 N–H and O–H groups in total. The molecule has 22 heavy (non-hydrogen) atoms. The van der Waals surface area contributed by atoms with E-state index in [9.17, 15) is 14.4 Å². The summed E-state index contributed by atoms with van der Waals surface area (Å²) in [5.74, 6) is -0.929. The summed E-state index contributed by atoms with van der Waals surface area (Å²) in [6.07, 6.45) is 7.45. The summed E-state index contributed by atoms with van der Waals surface area (Å²) in [4.78, 5) is 36.9. The van der Waals surface area contributed by atoms with Gasteiger partial charge in [-0.05, 0) is 38.5 Å². The summed E-state index contributed by atoms with van der Waals surface area (Å²) in [6, 6.07) is -1.40. The van der Waals surface area contributed by atoms with Crippen LogP contribution in [0.2, 0.25) is 0 Å². The summed E-state index contributed by atoms with van der Waals surface area (Å²) < 4.78 is 0. The predicted octanol–water partition coefficient (Wildman–Crippen LogP) is 1.54. The van der Waals surface area contributed by atoms with E-state index in [0.29, 0.717) is 31.7 Å². The van der Waals surface area contributed by atoms with Crippen LogP contribution in [0.5, 0.6) is 0 Å². The number of carboxylic acids is 1. The van der Waals surface area contributed by atoms with Crippen molar-refractivity contribution in [3.8, 4) is 0 Å². The van der Waals surface area contributed by atoms with Crippen LogP contribution in [0, 0.1) is 5.92 Å². The van der Waals surface area contributed by atoms with Crippen molar-refractivity contribution >= 4 is 17.8 Å². The molecule has 1 unspecified atom stereocenters. The maximum atomic E-state index is 12.3. The molecule has 1 saturated heterocycles. The van der Waals surface area contributed by atoms with Gasteiger partial charge in [0.25, 0.3) is 0 Å². The second kappa shape index (κ2) is 7.61. The van der Waals surface area contributed by atoms with Crippen LogP contribution < -0.4 is 5.32 Å². The second-order valence-corrected chi connectivity index (χ2v) is 6.53. The van der Waals surface area contributed by atoms with Gasteiger partial charge in [0, 0.05) is 13.0 Å². The summed E-state index contributed by atoms with van der Waals surface area (Å²) in [7, 11) is 0. The predicted molar refractivity (Wildman–Crippen MR) is 81.2 cm³/mol. The molecule has 2 amide bonds. The van der Waals surface area contributed by atoms with Crippen molar-refractivity contribution in [1.29, 1.82) is 0 Å². The number of hydrogen-bond donors (Lipinski definition) is 2. The van der Waals surface area contributed by atoms with Gasteiger partial charge in [0.1, 0.15) is 12.1 Å². The molecule has 0 aromatic heterocycles. The zero-order valence-corrected chi connectivity index (χ0v) is 13.2. The van der Waals surface area contributed by atoms with Crippen molar-refractivity contribution in [2.45, 2.75) is 70.4 Å². The lowest BCUT2D eigenvalue weighted by Gasteiger charge is -2.26. The molecule has 2 rings (SSSR count). The fraction of sp³-hybridized carbons (Fsp3) is 0.812. The molecule has 6 heteroatoms. The lowest BCUT2D eigenvalue weighted by Crippen LogP contribution is -2.50. The van der Waals surface area contributed by atoms with Crippen LogP contribution in [-0.2, 0) is 14.4 Å². The van der Waals surface area contributed by atoms with E-state index in [-0.39, 0.29) is 11.8 Å². The van der Waals surface area contributed by atoms with Gasteiger partial charge >= 0.3 is 5.97 Å². The van der Waals surface area contributed by atoms with Gasteiger partial charge in [-0.1, -0.05) is 19.3 Å². The number of aliphatic carboxylic acids is 1. The van der Waals surface area contributed by atoms with Crippen molar-refractivity contribution in [1.82, 2.24) is 10.2 Å². The molecule has 0 radical (unpaired) electrons. The van der Waals surface area contributed by atoms with Gasteiger partial charge in [-0.3, -0.25) is 9.59 Å². The molecule has 0 bridgehead atoms. The number of likely N-dealkylation sites (tertiary alicyclic amines) is 1. The molecule has 124 valence electrons. The highest BCUT2D eigenvalue weighted by Gasteiger charge is 2.36. The van der Waals surface area contributed by atoms with Crippen LogP contribution in [0.3, 0.4) is 0 Å². The highest BCUT2D eigenvalue weighted by molar-refractivity contribution is 5.90. The lowest BCUT2D eigenvalue weighted by atomic mass is 9.87. The molecular weight excluding hydrogens is 284 g/mol. The molecule has 0 aromatic carbocycles. The van der Waals surface area contributed by atoms with Gasteiger partial charge in [-0.2, -0.15) is 0 Å². The van der Waals surface area contributed by atoms with Gasteiger partial charge in [-0.25, -0.2) is 4.79 Å². The molecule has 1 heterocycles. The van der Waals surface area contributed by atoms with E-state index in [0.717, 1.165) is 12.8 Å². The Morgan fingerprint density at radius 3 is 2.45 bits per heavy atom. The Morgan fingerprint density at radius 1 is 1.14 bits per heavy atom. The van der Waals surface area contributed by atoms with Crippen molar-refractivity contribution in [3.63, 3.8) is 0 Å². The molecule has 2 aliphatic rings.